The summed E-state index contributed by atoms with van der Waals surface area (Å²) in [5, 5.41) is 0. The second-order valence-corrected chi connectivity index (χ2v) is 5.23. The number of halogens is 3. The SMILES string of the molecule is COC(=O)c1cc(S(=O)(=O)Cl)c(F)cc1F. The maximum Gasteiger partial charge on any atom is 0.340 e. The van der Waals surface area contributed by atoms with Crippen molar-refractivity contribution in [2.45, 2.75) is 4.90 Å². The van der Waals surface area contributed by atoms with Crippen LogP contribution in [0.2, 0.25) is 0 Å². The van der Waals surface area contributed by atoms with Gasteiger partial charge in [0.05, 0.1) is 12.7 Å². The maximum absolute atomic E-state index is 13.1. The topological polar surface area (TPSA) is 60.4 Å². The molecule has 0 atom stereocenters. The van der Waals surface area contributed by atoms with E-state index in [0.29, 0.717) is 6.07 Å². The molecule has 0 heterocycles. The van der Waals surface area contributed by atoms with E-state index in [0.717, 1.165) is 7.11 Å². The lowest BCUT2D eigenvalue weighted by atomic mass is 10.2. The third-order valence-electron chi connectivity index (χ3n) is 1.69. The molecular formula is C8H5ClF2O4S. The van der Waals surface area contributed by atoms with Crippen molar-refractivity contribution >= 4 is 25.7 Å². The van der Waals surface area contributed by atoms with Gasteiger partial charge in [-0.3, -0.25) is 0 Å². The Balaban J connectivity index is 3.51. The molecule has 0 spiro atoms. The Kier molecular flexibility index (Phi) is 3.49. The molecule has 88 valence electrons. The van der Waals surface area contributed by atoms with Gasteiger partial charge >= 0.3 is 5.97 Å². The molecule has 1 rings (SSSR count). The van der Waals surface area contributed by atoms with E-state index in [9.17, 15) is 22.0 Å². The van der Waals surface area contributed by atoms with Gasteiger partial charge in [0.1, 0.15) is 16.5 Å². The summed E-state index contributed by atoms with van der Waals surface area (Å²) in [5.41, 5.74) is -0.705. The van der Waals surface area contributed by atoms with Crippen LogP contribution in [-0.4, -0.2) is 21.5 Å². The third kappa shape index (κ3) is 2.48. The number of methoxy groups -OCH3 is 1. The number of benzene rings is 1. The Bertz CT molecular complexity index is 541. The summed E-state index contributed by atoms with van der Waals surface area (Å²) in [6.07, 6.45) is 0. The first kappa shape index (κ1) is 12.9. The fourth-order valence-electron chi connectivity index (χ4n) is 0.982. The molecular weight excluding hydrogens is 266 g/mol. The number of hydrogen-bond donors (Lipinski definition) is 0. The number of ether oxygens (including phenoxy) is 1. The number of carbonyl (C=O) groups excluding carboxylic acids is 1. The van der Waals surface area contributed by atoms with E-state index < -0.39 is 37.1 Å². The minimum Gasteiger partial charge on any atom is -0.465 e. The smallest absolute Gasteiger partial charge is 0.340 e. The van der Waals surface area contributed by atoms with E-state index in [-0.39, 0.29) is 6.07 Å². The minimum absolute atomic E-state index is 0.252. The fourth-order valence-corrected chi connectivity index (χ4v) is 1.89. The standard InChI is InChI=1S/C8H5ClF2O4S/c1-15-8(12)4-2-7(16(9,13)14)6(11)3-5(4)10/h2-3H,1H3. The molecule has 0 aliphatic heterocycles. The van der Waals surface area contributed by atoms with Crippen LogP contribution in [0.3, 0.4) is 0 Å². The van der Waals surface area contributed by atoms with E-state index in [1.54, 1.807) is 0 Å². The largest absolute Gasteiger partial charge is 0.465 e. The van der Waals surface area contributed by atoms with Gasteiger partial charge in [-0.25, -0.2) is 22.0 Å². The van der Waals surface area contributed by atoms with Crippen molar-refractivity contribution in [3.05, 3.63) is 29.3 Å². The van der Waals surface area contributed by atoms with Crippen LogP contribution < -0.4 is 0 Å². The predicted molar refractivity (Wildman–Crippen MR) is 50.7 cm³/mol. The van der Waals surface area contributed by atoms with Crippen molar-refractivity contribution < 1.29 is 26.7 Å². The minimum atomic E-state index is -4.39. The average molecular weight is 271 g/mol. The number of hydrogen-bond acceptors (Lipinski definition) is 4. The van der Waals surface area contributed by atoms with Gasteiger partial charge in [-0.2, -0.15) is 0 Å². The highest BCUT2D eigenvalue weighted by Gasteiger charge is 2.22. The van der Waals surface area contributed by atoms with E-state index in [4.69, 9.17) is 10.7 Å². The van der Waals surface area contributed by atoms with E-state index in [2.05, 4.69) is 4.74 Å². The molecule has 1 aromatic rings. The zero-order valence-electron chi connectivity index (χ0n) is 7.83. The molecule has 0 N–H and O–H groups in total. The highest BCUT2D eigenvalue weighted by Crippen LogP contribution is 2.22. The van der Waals surface area contributed by atoms with Crippen LogP contribution in [-0.2, 0) is 13.8 Å². The van der Waals surface area contributed by atoms with Gasteiger partial charge in [0.2, 0.25) is 0 Å². The molecule has 0 bridgehead atoms. The van der Waals surface area contributed by atoms with Gasteiger partial charge in [0, 0.05) is 16.7 Å². The van der Waals surface area contributed by atoms with Crippen LogP contribution in [0.15, 0.2) is 17.0 Å². The van der Waals surface area contributed by atoms with Gasteiger partial charge < -0.3 is 4.74 Å². The first-order chi connectivity index (χ1) is 7.27. The molecule has 4 nitrogen and oxygen atoms in total. The monoisotopic (exact) mass is 270 g/mol. The lowest BCUT2D eigenvalue weighted by Crippen LogP contribution is -2.08. The molecule has 16 heavy (non-hydrogen) atoms. The molecule has 0 saturated carbocycles. The summed E-state index contributed by atoms with van der Waals surface area (Å²) in [7, 11) is 1.47. The Morgan fingerprint density at radius 2 is 1.88 bits per heavy atom. The van der Waals surface area contributed by atoms with E-state index in [1.807, 2.05) is 0 Å². The highest BCUT2D eigenvalue weighted by molar-refractivity contribution is 8.13. The zero-order chi connectivity index (χ0) is 12.5. The predicted octanol–water partition coefficient (Wildman–Crippen LogP) is 1.68. The van der Waals surface area contributed by atoms with Crippen LogP contribution in [0.1, 0.15) is 10.4 Å². The lowest BCUT2D eigenvalue weighted by Gasteiger charge is -2.04. The summed E-state index contributed by atoms with van der Waals surface area (Å²) in [6, 6.07) is 0.736. The molecule has 0 aromatic heterocycles. The van der Waals surface area contributed by atoms with Crippen LogP contribution in [0, 0.1) is 11.6 Å². The van der Waals surface area contributed by atoms with Gasteiger partial charge in [-0.1, -0.05) is 0 Å². The number of esters is 1. The van der Waals surface area contributed by atoms with E-state index >= 15 is 0 Å². The third-order valence-corrected chi connectivity index (χ3v) is 3.03. The summed E-state index contributed by atoms with van der Waals surface area (Å²) in [6.45, 7) is 0. The van der Waals surface area contributed by atoms with Crippen molar-refractivity contribution in [3.63, 3.8) is 0 Å². The van der Waals surface area contributed by atoms with Crippen LogP contribution in [0.4, 0.5) is 8.78 Å². The molecule has 1 aromatic carbocycles. The van der Waals surface area contributed by atoms with Crippen LogP contribution in [0.5, 0.6) is 0 Å². The molecule has 0 radical (unpaired) electrons. The van der Waals surface area contributed by atoms with Crippen molar-refractivity contribution in [1.82, 2.24) is 0 Å². The Morgan fingerprint density at radius 1 is 1.31 bits per heavy atom. The molecule has 8 heteroatoms. The number of rotatable bonds is 2. The number of carbonyl (C=O) groups is 1. The molecule has 0 unspecified atom stereocenters. The Labute approximate surface area is 94.2 Å². The fraction of sp³-hybridized carbons (Fsp3) is 0.125. The Hall–Kier alpha value is -1.21. The first-order valence-electron chi connectivity index (χ1n) is 3.79. The molecule has 0 aliphatic rings. The molecule has 0 saturated heterocycles. The molecule has 0 fully saturated rings. The zero-order valence-corrected chi connectivity index (χ0v) is 9.40. The quantitative estimate of drug-likeness (QED) is 0.606. The second kappa shape index (κ2) is 4.34. The molecule has 0 amide bonds. The Morgan fingerprint density at radius 3 is 2.31 bits per heavy atom. The van der Waals surface area contributed by atoms with Gasteiger partial charge in [-0.05, 0) is 6.07 Å². The summed E-state index contributed by atoms with van der Waals surface area (Å²) in [5.74, 6) is -3.73. The van der Waals surface area contributed by atoms with Crippen molar-refractivity contribution in [2.24, 2.45) is 0 Å². The van der Waals surface area contributed by atoms with E-state index in [1.165, 1.54) is 0 Å². The van der Waals surface area contributed by atoms with Crippen LogP contribution in [0.25, 0.3) is 0 Å². The van der Waals surface area contributed by atoms with Crippen molar-refractivity contribution in [1.29, 1.82) is 0 Å². The summed E-state index contributed by atoms with van der Waals surface area (Å²) < 4.78 is 52.1. The summed E-state index contributed by atoms with van der Waals surface area (Å²) in [4.78, 5) is 10.0. The second-order valence-electron chi connectivity index (χ2n) is 2.69. The van der Waals surface area contributed by atoms with Crippen molar-refractivity contribution in [2.75, 3.05) is 7.11 Å². The van der Waals surface area contributed by atoms with Gasteiger partial charge in [-0.15, -0.1) is 0 Å². The van der Waals surface area contributed by atoms with Gasteiger partial charge in [0.15, 0.2) is 0 Å². The lowest BCUT2D eigenvalue weighted by molar-refractivity contribution is 0.0595. The van der Waals surface area contributed by atoms with Crippen LogP contribution >= 0.6 is 10.7 Å². The first-order valence-corrected chi connectivity index (χ1v) is 6.10. The highest BCUT2D eigenvalue weighted by atomic mass is 35.7. The van der Waals surface area contributed by atoms with Gasteiger partial charge in [0.25, 0.3) is 9.05 Å². The van der Waals surface area contributed by atoms with Crippen molar-refractivity contribution in [3.8, 4) is 0 Å². The molecule has 0 aliphatic carbocycles. The normalized spacial score (nSPS) is 11.2. The average Bonchev–Trinajstić information content (AvgIpc) is 2.14. The summed E-state index contributed by atoms with van der Waals surface area (Å²) >= 11 is 0. The maximum atomic E-state index is 13.1.